The average molecular weight is 485 g/mol. The largest absolute Gasteiger partial charge is 0.491 e. The van der Waals surface area contributed by atoms with E-state index in [1.807, 2.05) is 53.1 Å². The van der Waals surface area contributed by atoms with Crippen LogP contribution in [0.2, 0.25) is 0 Å². The number of hydrogen-bond donors (Lipinski definition) is 1. The van der Waals surface area contributed by atoms with Gasteiger partial charge in [0, 0.05) is 25.1 Å². The standard InChI is InChI=1S/C26H32N2O5S/c1-19-5-3-6-21(13-19)33-18-24-23-9-12-34-25(23)8-10-28(24)26(30)16-27(14-20(29)17-31-2)15-22-7-4-11-32-22/h3-7,9,11-13,20,24,29H,8,10,14-18H2,1-2H3/t20-,24+/m0/s1. The van der Waals surface area contributed by atoms with E-state index in [0.29, 0.717) is 26.2 Å². The Bertz CT molecular complexity index is 1050. The number of ether oxygens (including phenoxy) is 2. The van der Waals surface area contributed by atoms with Gasteiger partial charge in [-0.3, -0.25) is 9.69 Å². The molecule has 182 valence electrons. The summed E-state index contributed by atoms with van der Waals surface area (Å²) in [6, 6.07) is 13.6. The fourth-order valence-electron chi connectivity index (χ4n) is 4.39. The molecule has 3 aromatic rings. The summed E-state index contributed by atoms with van der Waals surface area (Å²) < 4.78 is 16.7. The zero-order valence-corrected chi connectivity index (χ0v) is 20.5. The first kappa shape index (κ1) is 24.5. The Morgan fingerprint density at radius 2 is 2.21 bits per heavy atom. The lowest BCUT2D eigenvalue weighted by Gasteiger charge is -2.37. The maximum Gasteiger partial charge on any atom is 0.237 e. The van der Waals surface area contributed by atoms with Crippen LogP contribution in [0.15, 0.2) is 58.5 Å². The van der Waals surface area contributed by atoms with Crippen molar-refractivity contribution in [2.24, 2.45) is 0 Å². The van der Waals surface area contributed by atoms with Crippen LogP contribution in [-0.2, 0) is 22.5 Å². The van der Waals surface area contributed by atoms with Crippen molar-refractivity contribution in [3.63, 3.8) is 0 Å². The highest BCUT2D eigenvalue weighted by atomic mass is 32.1. The molecule has 3 heterocycles. The Kier molecular flexibility index (Phi) is 8.39. The molecule has 8 heteroatoms. The molecule has 0 spiro atoms. The molecule has 2 aromatic heterocycles. The van der Waals surface area contributed by atoms with Gasteiger partial charge in [0.1, 0.15) is 18.1 Å². The van der Waals surface area contributed by atoms with Crippen molar-refractivity contribution in [3.8, 4) is 5.75 Å². The maximum atomic E-state index is 13.6. The highest BCUT2D eigenvalue weighted by Crippen LogP contribution is 2.34. The molecular formula is C26H32N2O5S. The number of aliphatic hydroxyl groups excluding tert-OH is 1. The van der Waals surface area contributed by atoms with Gasteiger partial charge in [0.2, 0.25) is 5.91 Å². The first-order valence-corrected chi connectivity index (χ1v) is 12.4. The number of nitrogens with zero attached hydrogens (tertiary/aromatic N) is 2. The summed E-state index contributed by atoms with van der Waals surface area (Å²) >= 11 is 1.73. The molecule has 1 amide bonds. The van der Waals surface area contributed by atoms with Crippen LogP contribution in [-0.4, -0.2) is 66.9 Å². The van der Waals surface area contributed by atoms with Gasteiger partial charge in [0.15, 0.2) is 0 Å². The molecule has 0 fully saturated rings. The van der Waals surface area contributed by atoms with Crippen LogP contribution in [0.4, 0.5) is 0 Å². The van der Waals surface area contributed by atoms with Crippen LogP contribution >= 0.6 is 11.3 Å². The number of amides is 1. The molecule has 0 saturated carbocycles. The van der Waals surface area contributed by atoms with E-state index < -0.39 is 6.10 Å². The molecule has 1 aliphatic heterocycles. The topological polar surface area (TPSA) is 75.4 Å². The van der Waals surface area contributed by atoms with Crippen LogP contribution in [0.5, 0.6) is 5.75 Å². The lowest BCUT2D eigenvalue weighted by Crippen LogP contribution is -2.47. The Hall–Kier alpha value is -2.65. The van der Waals surface area contributed by atoms with Crippen molar-refractivity contribution in [3.05, 3.63) is 75.9 Å². The molecule has 0 saturated heterocycles. The predicted molar refractivity (Wildman–Crippen MR) is 131 cm³/mol. The molecule has 0 aliphatic carbocycles. The SMILES string of the molecule is COC[C@@H](O)CN(CC(=O)N1CCc2sccc2[C@H]1COc1cccc(C)c1)Cc1ccco1. The summed E-state index contributed by atoms with van der Waals surface area (Å²) in [4.78, 5) is 18.7. The molecule has 1 N–H and O–H groups in total. The quantitative estimate of drug-likeness (QED) is 0.448. The van der Waals surface area contributed by atoms with Gasteiger partial charge in [0.25, 0.3) is 0 Å². The zero-order chi connectivity index (χ0) is 23.9. The van der Waals surface area contributed by atoms with Crippen LogP contribution in [0, 0.1) is 6.92 Å². The number of methoxy groups -OCH3 is 1. The number of furan rings is 1. The Balaban J connectivity index is 1.48. The monoisotopic (exact) mass is 484 g/mol. The molecule has 4 rings (SSSR count). The number of carbonyl (C=O) groups excluding carboxylic acids is 1. The first-order valence-electron chi connectivity index (χ1n) is 11.5. The summed E-state index contributed by atoms with van der Waals surface area (Å²) in [6.45, 7) is 4.18. The number of thiophene rings is 1. The molecule has 1 aliphatic rings. The highest BCUT2D eigenvalue weighted by Gasteiger charge is 2.33. The minimum Gasteiger partial charge on any atom is -0.491 e. The lowest BCUT2D eigenvalue weighted by atomic mass is 10.0. The maximum absolute atomic E-state index is 13.6. The van der Waals surface area contributed by atoms with E-state index >= 15 is 0 Å². The van der Waals surface area contributed by atoms with Crippen molar-refractivity contribution in [1.29, 1.82) is 0 Å². The summed E-state index contributed by atoms with van der Waals surface area (Å²) in [7, 11) is 1.55. The molecule has 0 bridgehead atoms. The Morgan fingerprint density at radius 3 is 2.97 bits per heavy atom. The van der Waals surface area contributed by atoms with E-state index in [-0.39, 0.29) is 25.1 Å². The third-order valence-electron chi connectivity index (χ3n) is 5.96. The number of aliphatic hydroxyl groups is 1. The van der Waals surface area contributed by atoms with Crippen molar-refractivity contribution in [2.75, 3.05) is 40.0 Å². The molecule has 1 aromatic carbocycles. The van der Waals surface area contributed by atoms with E-state index in [2.05, 4.69) is 11.4 Å². The second-order valence-electron chi connectivity index (χ2n) is 8.64. The van der Waals surface area contributed by atoms with Crippen LogP contribution in [0.1, 0.15) is 27.8 Å². The Labute approximate surface area is 204 Å². The summed E-state index contributed by atoms with van der Waals surface area (Å²) in [5.41, 5.74) is 2.29. The number of fused-ring (bicyclic) bond motifs is 1. The van der Waals surface area contributed by atoms with E-state index in [1.54, 1.807) is 24.7 Å². The van der Waals surface area contributed by atoms with Crippen LogP contribution in [0.25, 0.3) is 0 Å². The fraction of sp³-hybridized carbons (Fsp3) is 0.423. The zero-order valence-electron chi connectivity index (χ0n) is 19.7. The minimum absolute atomic E-state index is 0.00543. The smallest absolute Gasteiger partial charge is 0.237 e. The average Bonchev–Trinajstić information content (AvgIpc) is 3.49. The summed E-state index contributed by atoms with van der Waals surface area (Å²) in [5, 5.41) is 12.4. The number of carbonyl (C=O) groups is 1. The highest BCUT2D eigenvalue weighted by molar-refractivity contribution is 7.10. The van der Waals surface area contributed by atoms with Crippen LogP contribution in [0.3, 0.4) is 0 Å². The van der Waals surface area contributed by atoms with E-state index in [0.717, 1.165) is 29.1 Å². The van der Waals surface area contributed by atoms with Gasteiger partial charge in [-0.25, -0.2) is 0 Å². The molecule has 0 radical (unpaired) electrons. The van der Waals surface area contributed by atoms with Gasteiger partial charge in [-0.15, -0.1) is 11.3 Å². The van der Waals surface area contributed by atoms with Crippen LogP contribution < -0.4 is 4.74 Å². The van der Waals surface area contributed by atoms with E-state index in [4.69, 9.17) is 13.9 Å². The molecular weight excluding hydrogens is 452 g/mol. The predicted octanol–water partition coefficient (Wildman–Crippen LogP) is 3.66. The molecule has 2 atom stereocenters. The van der Waals surface area contributed by atoms with Gasteiger partial charge in [-0.1, -0.05) is 12.1 Å². The van der Waals surface area contributed by atoms with E-state index in [1.165, 1.54) is 4.88 Å². The summed E-state index contributed by atoms with van der Waals surface area (Å²) in [6.07, 6.45) is 1.75. The number of hydrogen-bond acceptors (Lipinski definition) is 7. The third kappa shape index (κ3) is 6.27. The normalized spacial score (nSPS) is 16.5. The fourth-order valence-corrected chi connectivity index (χ4v) is 5.32. The van der Waals surface area contributed by atoms with Crippen molar-refractivity contribution < 1.29 is 23.8 Å². The number of rotatable bonds is 11. The van der Waals surface area contributed by atoms with E-state index in [9.17, 15) is 9.90 Å². The first-order chi connectivity index (χ1) is 16.5. The molecule has 0 unspecified atom stereocenters. The lowest BCUT2D eigenvalue weighted by molar-refractivity contribution is -0.136. The number of aryl methyl sites for hydroxylation is 1. The van der Waals surface area contributed by atoms with Crippen molar-refractivity contribution in [2.45, 2.75) is 32.0 Å². The van der Waals surface area contributed by atoms with Crippen molar-refractivity contribution >= 4 is 17.2 Å². The van der Waals surface area contributed by atoms with Gasteiger partial charge < -0.3 is 23.9 Å². The molecule has 7 nitrogen and oxygen atoms in total. The minimum atomic E-state index is -0.696. The second-order valence-corrected chi connectivity index (χ2v) is 9.64. The third-order valence-corrected chi connectivity index (χ3v) is 6.96. The number of benzene rings is 1. The Morgan fingerprint density at radius 1 is 1.32 bits per heavy atom. The van der Waals surface area contributed by atoms with Gasteiger partial charge in [-0.05, 0) is 60.2 Å². The van der Waals surface area contributed by atoms with Gasteiger partial charge in [-0.2, -0.15) is 0 Å². The molecule has 34 heavy (non-hydrogen) atoms. The van der Waals surface area contributed by atoms with Crippen molar-refractivity contribution in [1.82, 2.24) is 9.80 Å². The summed E-state index contributed by atoms with van der Waals surface area (Å²) in [5.74, 6) is 1.55. The van der Waals surface area contributed by atoms with Gasteiger partial charge in [0.05, 0.1) is 38.1 Å². The second kappa shape index (κ2) is 11.7. The van der Waals surface area contributed by atoms with Gasteiger partial charge >= 0.3 is 0 Å².